The van der Waals surface area contributed by atoms with Gasteiger partial charge >= 0.3 is 0 Å². The lowest BCUT2D eigenvalue weighted by Gasteiger charge is -2.31. The molecule has 1 unspecified atom stereocenters. The molecule has 1 saturated heterocycles. The van der Waals surface area contributed by atoms with Crippen LogP contribution in [0.3, 0.4) is 0 Å². The number of amides is 1. The lowest BCUT2D eigenvalue weighted by atomic mass is 10.2. The van der Waals surface area contributed by atoms with Crippen LogP contribution in [-0.2, 0) is 4.79 Å². The summed E-state index contributed by atoms with van der Waals surface area (Å²) in [6.07, 6.45) is 0.513. The minimum absolute atomic E-state index is 0.0356. The lowest BCUT2D eigenvalue weighted by Crippen LogP contribution is -2.49. The fourth-order valence-corrected chi connectivity index (χ4v) is 2.45. The number of halogens is 1. The second-order valence-corrected chi connectivity index (χ2v) is 5.40. The Hall–Kier alpha value is -1.10. The predicted octanol–water partition coefficient (Wildman–Crippen LogP) is 1.96. The summed E-state index contributed by atoms with van der Waals surface area (Å²) in [5.41, 5.74) is 0.756. The topological polar surface area (TPSA) is 44.4 Å². The SMILES string of the molecule is CC1CN(CCC(=O)Nc2cccc(Cl)c2)CCN1. The molecule has 1 atom stereocenters. The molecule has 1 fully saturated rings. The van der Waals surface area contributed by atoms with E-state index in [-0.39, 0.29) is 5.91 Å². The van der Waals surface area contributed by atoms with Crippen molar-refractivity contribution in [2.45, 2.75) is 19.4 Å². The van der Waals surface area contributed by atoms with Gasteiger partial charge in [-0.1, -0.05) is 17.7 Å². The number of carbonyl (C=O) groups excluding carboxylic acids is 1. The number of piperazine rings is 1. The summed E-state index contributed by atoms with van der Waals surface area (Å²) >= 11 is 5.88. The van der Waals surface area contributed by atoms with Crippen LogP contribution in [0.15, 0.2) is 24.3 Å². The average Bonchev–Trinajstić information content (AvgIpc) is 2.36. The van der Waals surface area contributed by atoms with Crippen LogP contribution in [0.5, 0.6) is 0 Å². The highest BCUT2D eigenvalue weighted by molar-refractivity contribution is 6.30. The minimum Gasteiger partial charge on any atom is -0.326 e. The van der Waals surface area contributed by atoms with Crippen molar-refractivity contribution in [2.24, 2.45) is 0 Å². The van der Waals surface area contributed by atoms with E-state index in [4.69, 9.17) is 11.6 Å². The molecule has 2 rings (SSSR count). The maximum absolute atomic E-state index is 11.9. The molecule has 0 saturated carbocycles. The minimum atomic E-state index is 0.0356. The third-order valence-electron chi connectivity index (χ3n) is 3.22. The van der Waals surface area contributed by atoms with Gasteiger partial charge in [0.05, 0.1) is 0 Å². The molecule has 1 heterocycles. The summed E-state index contributed by atoms with van der Waals surface area (Å²) in [6, 6.07) is 7.72. The summed E-state index contributed by atoms with van der Waals surface area (Å²) in [7, 11) is 0. The second-order valence-electron chi connectivity index (χ2n) is 4.96. The Balaban J connectivity index is 1.75. The summed E-state index contributed by atoms with van der Waals surface area (Å²) in [5, 5.41) is 6.89. The van der Waals surface area contributed by atoms with Gasteiger partial charge in [0.25, 0.3) is 0 Å². The van der Waals surface area contributed by atoms with Crippen molar-refractivity contribution in [1.29, 1.82) is 0 Å². The molecule has 4 nitrogen and oxygen atoms in total. The van der Waals surface area contributed by atoms with E-state index in [1.165, 1.54) is 0 Å². The summed E-state index contributed by atoms with van der Waals surface area (Å²) in [5.74, 6) is 0.0356. The zero-order valence-corrected chi connectivity index (χ0v) is 11.9. The fourth-order valence-electron chi connectivity index (χ4n) is 2.26. The molecule has 19 heavy (non-hydrogen) atoms. The first kappa shape index (κ1) is 14.3. The van der Waals surface area contributed by atoms with E-state index in [2.05, 4.69) is 22.5 Å². The van der Waals surface area contributed by atoms with Gasteiger partial charge in [0.1, 0.15) is 0 Å². The standard InChI is InChI=1S/C14H20ClN3O/c1-11-10-18(8-6-16-11)7-5-14(19)17-13-4-2-3-12(15)9-13/h2-4,9,11,16H,5-8,10H2,1H3,(H,17,19). The van der Waals surface area contributed by atoms with Crippen molar-refractivity contribution in [3.63, 3.8) is 0 Å². The summed E-state index contributed by atoms with van der Waals surface area (Å²) in [6.45, 7) is 5.98. The van der Waals surface area contributed by atoms with Crippen molar-refractivity contribution in [3.05, 3.63) is 29.3 Å². The van der Waals surface area contributed by atoms with Crippen LogP contribution in [0.2, 0.25) is 5.02 Å². The molecular formula is C14H20ClN3O. The summed E-state index contributed by atoms with van der Waals surface area (Å²) in [4.78, 5) is 14.2. The lowest BCUT2D eigenvalue weighted by molar-refractivity contribution is -0.116. The molecule has 1 aliphatic rings. The van der Waals surface area contributed by atoms with Crippen LogP contribution in [0.25, 0.3) is 0 Å². The van der Waals surface area contributed by atoms with Gasteiger partial charge in [-0.25, -0.2) is 0 Å². The zero-order valence-electron chi connectivity index (χ0n) is 11.2. The van der Waals surface area contributed by atoms with Gasteiger partial charge in [0.2, 0.25) is 5.91 Å². The highest BCUT2D eigenvalue weighted by atomic mass is 35.5. The molecule has 0 aliphatic carbocycles. The van der Waals surface area contributed by atoms with Crippen LogP contribution in [0, 0.1) is 0 Å². The van der Waals surface area contributed by atoms with E-state index in [9.17, 15) is 4.79 Å². The van der Waals surface area contributed by atoms with Crippen LogP contribution >= 0.6 is 11.6 Å². The summed E-state index contributed by atoms with van der Waals surface area (Å²) < 4.78 is 0. The number of hydrogen-bond donors (Lipinski definition) is 2. The Labute approximate surface area is 119 Å². The van der Waals surface area contributed by atoms with E-state index in [1.807, 2.05) is 12.1 Å². The highest BCUT2D eigenvalue weighted by Gasteiger charge is 2.16. The monoisotopic (exact) mass is 281 g/mol. The van der Waals surface area contributed by atoms with Gasteiger partial charge < -0.3 is 15.5 Å². The number of anilines is 1. The number of carbonyl (C=O) groups is 1. The molecule has 0 bridgehead atoms. The van der Waals surface area contributed by atoms with Gasteiger partial charge in [-0.2, -0.15) is 0 Å². The van der Waals surface area contributed by atoms with E-state index >= 15 is 0 Å². The maximum atomic E-state index is 11.9. The number of rotatable bonds is 4. The number of nitrogens with one attached hydrogen (secondary N) is 2. The van der Waals surface area contributed by atoms with Crippen molar-refractivity contribution in [3.8, 4) is 0 Å². The van der Waals surface area contributed by atoms with E-state index in [0.29, 0.717) is 17.5 Å². The molecule has 104 valence electrons. The Kier molecular flexibility index (Phi) is 5.19. The first-order valence-electron chi connectivity index (χ1n) is 6.64. The second kappa shape index (κ2) is 6.89. The molecule has 0 radical (unpaired) electrons. The molecule has 1 aliphatic heterocycles. The molecule has 1 amide bonds. The fraction of sp³-hybridized carbons (Fsp3) is 0.500. The van der Waals surface area contributed by atoms with Gasteiger partial charge in [-0.3, -0.25) is 4.79 Å². The average molecular weight is 282 g/mol. The first-order valence-corrected chi connectivity index (χ1v) is 7.02. The van der Waals surface area contributed by atoms with E-state index in [0.717, 1.165) is 31.9 Å². The normalized spacial score (nSPS) is 20.2. The number of nitrogens with zero attached hydrogens (tertiary/aromatic N) is 1. The third kappa shape index (κ3) is 4.82. The van der Waals surface area contributed by atoms with E-state index < -0.39 is 0 Å². The molecule has 1 aromatic carbocycles. The van der Waals surface area contributed by atoms with Crippen LogP contribution in [0.1, 0.15) is 13.3 Å². The van der Waals surface area contributed by atoms with E-state index in [1.54, 1.807) is 12.1 Å². The molecule has 0 aromatic heterocycles. The van der Waals surface area contributed by atoms with Crippen LogP contribution < -0.4 is 10.6 Å². The predicted molar refractivity (Wildman–Crippen MR) is 78.6 cm³/mol. The molecule has 5 heteroatoms. The van der Waals surface area contributed by atoms with Crippen LogP contribution in [0.4, 0.5) is 5.69 Å². The molecule has 1 aromatic rings. The zero-order chi connectivity index (χ0) is 13.7. The molecule has 2 N–H and O–H groups in total. The van der Waals surface area contributed by atoms with Crippen LogP contribution in [-0.4, -0.2) is 43.0 Å². The van der Waals surface area contributed by atoms with Gasteiger partial charge in [0.15, 0.2) is 0 Å². The quantitative estimate of drug-likeness (QED) is 0.887. The maximum Gasteiger partial charge on any atom is 0.225 e. The van der Waals surface area contributed by atoms with Gasteiger partial charge in [-0.15, -0.1) is 0 Å². The third-order valence-corrected chi connectivity index (χ3v) is 3.45. The highest BCUT2D eigenvalue weighted by Crippen LogP contribution is 2.15. The first-order chi connectivity index (χ1) is 9.13. The Bertz CT molecular complexity index is 438. The van der Waals surface area contributed by atoms with Crippen molar-refractivity contribution >= 4 is 23.2 Å². The van der Waals surface area contributed by atoms with Gasteiger partial charge in [0, 0.05) is 49.4 Å². The molecular weight excluding hydrogens is 262 g/mol. The Morgan fingerprint density at radius 2 is 2.42 bits per heavy atom. The Morgan fingerprint density at radius 3 is 3.16 bits per heavy atom. The molecule has 0 spiro atoms. The van der Waals surface area contributed by atoms with Crippen molar-refractivity contribution in [2.75, 3.05) is 31.5 Å². The van der Waals surface area contributed by atoms with Crippen molar-refractivity contribution in [1.82, 2.24) is 10.2 Å². The number of benzene rings is 1. The Morgan fingerprint density at radius 1 is 1.58 bits per heavy atom. The van der Waals surface area contributed by atoms with Crippen molar-refractivity contribution < 1.29 is 4.79 Å². The number of hydrogen-bond acceptors (Lipinski definition) is 3. The largest absolute Gasteiger partial charge is 0.326 e. The van der Waals surface area contributed by atoms with Gasteiger partial charge in [-0.05, 0) is 25.1 Å². The smallest absolute Gasteiger partial charge is 0.225 e.